The van der Waals surface area contributed by atoms with Crippen molar-refractivity contribution >= 4 is 5.88 Å². The summed E-state index contributed by atoms with van der Waals surface area (Å²) in [7, 11) is 0. The number of hydrogen-bond donors (Lipinski definition) is 1. The van der Waals surface area contributed by atoms with Gasteiger partial charge in [-0.1, -0.05) is 5.16 Å². The van der Waals surface area contributed by atoms with E-state index >= 15 is 0 Å². The van der Waals surface area contributed by atoms with E-state index in [9.17, 15) is 17.6 Å². The van der Waals surface area contributed by atoms with Crippen LogP contribution in [-0.4, -0.2) is 5.16 Å². The van der Waals surface area contributed by atoms with Crippen LogP contribution in [-0.2, 0) is 6.18 Å². The summed E-state index contributed by atoms with van der Waals surface area (Å²) in [4.78, 5) is 0. The number of nitrogens with zero attached hydrogens (tertiary/aromatic N) is 1. The van der Waals surface area contributed by atoms with Gasteiger partial charge in [-0.05, 0) is 25.1 Å². The zero-order chi connectivity index (χ0) is 13.5. The van der Waals surface area contributed by atoms with Gasteiger partial charge in [0.15, 0.2) is 0 Å². The summed E-state index contributed by atoms with van der Waals surface area (Å²) in [6.45, 7) is 1.49. The third-order valence-corrected chi connectivity index (χ3v) is 2.51. The van der Waals surface area contributed by atoms with Crippen LogP contribution >= 0.6 is 0 Å². The molecule has 7 heteroatoms. The van der Waals surface area contributed by atoms with Crippen molar-refractivity contribution < 1.29 is 22.1 Å². The molecule has 0 saturated carbocycles. The van der Waals surface area contributed by atoms with Crippen molar-refractivity contribution in [1.82, 2.24) is 5.16 Å². The first kappa shape index (κ1) is 12.4. The van der Waals surface area contributed by atoms with Crippen molar-refractivity contribution in [2.24, 2.45) is 0 Å². The van der Waals surface area contributed by atoms with E-state index in [0.29, 0.717) is 17.7 Å². The summed E-state index contributed by atoms with van der Waals surface area (Å²) in [5.41, 5.74) is 4.40. The van der Waals surface area contributed by atoms with Crippen LogP contribution in [0, 0.1) is 12.7 Å². The second-order valence-corrected chi connectivity index (χ2v) is 3.71. The molecule has 2 rings (SSSR count). The lowest BCUT2D eigenvalue weighted by Crippen LogP contribution is -2.05. The van der Waals surface area contributed by atoms with Crippen LogP contribution in [0.15, 0.2) is 22.7 Å². The SMILES string of the molecule is Cc1c(-c2cc(C(F)(F)F)ccc2F)noc1N. The average Bonchev–Trinajstić information content (AvgIpc) is 2.59. The highest BCUT2D eigenvalue weighted by molar-refractivity contribution is 5.67. The summed E-state index contributed by atoms with van der Waals surface area (Å²) in [5, 5.41) is 3.46. The molecule has 18 heavy (non-hydrogen) atoms. The molecule has 0 unspecified atom stereocenters. The largest absolute Gasteiger partial charge is 0.416 e. The van der Waals surface area contributed by atoms with Gasteiger partial charge in [0.25, 0.3) is 0 Å². The summed E-state index contributed by atoms with van der Waals surface area (Å²) in [5.74, 6) is -0.874. The van der Waals surface area contributed by atoms with Crippen LogP contribution in [0.4, 0.5) is 23.4 Å². The number of aromatic nitrogens is 1. The van der Waals surface area contributed by atoms with Crippen LogP contribution in [0.1, 0.15) is 11.1 Å². The van der Waals surface area contributed by atoms with Gasteiger partial charge in [-0.25, -0.2) is 4.39 Å². The number of alkyl halides is 3. The molecule has 2 N–H and O–H groups in total. The monoisotopic (exact) mass is 260 g/mol. The lowest BCUT2D eigenvalue weighted by molar-refractivity contribution is -0.137. The molecule has 1 heterocycles. The van der Waals surface area contributed by atoms with Crippen molar-refractivity contribution in [3.63, 3.8) is 0 Å². The Morgan fingerprint density at radius 1 is 1.28 bits per heavy atom. The fraction of sp³-hybridized carbons (Fsp3) is 0.182. The fourth-order valence-electron chi connectivity index (χ4n) is 1.48. The van der Waals surface area contributed by atoms with E-state index in [1.807, 2.05) is 0 Å². The molecule has 0 bridgehead atoms. The molecule has 1 aromatic carbocycles. The maximum absolute atomic E-state index is 13.5. The third-order valence-electron chi connectivity index (χ3n) is 2.51. The predicted molar refractivity (Wildman–Crippen MR) is 56.0 cm³/mol. The van der Waals surface area contributed by atoms with Crippen molar-refractivity contribution in [2.45, 2.75) is 13.1 Å². The average molecular weight is 260 g/mol. The lowest BCUT2D eigenvalue weighted by Gasteiger charge is -2.08. The van der Waals surface area contributed by atoms with Crippen LogP contribution < -0.4 is 5.73 Å². The normalized spacial score (nSPS) is 11.8. The summed E-state index contributed by atoms with van der Waals surface area (Å²) < 4.78 is 55.7. The molecule has 3 nitrogen and oxygen atoms in total. The number of rotatable bonds is 1. The minimum absolute atomic E-state index is 0.0314. The van der Waals surface area contributed by atoms with Crippen LogP contribution in [0.25, 0.3) is 11.3 Å². The molecule has 0 spiro atoms. The molecule has 0 aliphatic heterocycles. The summed E-state index contributed by atoms with van der Waals surface area (Å²) in [6.07, 6.45) is -4.55. The predicted octanol–water partition coefficient (Wildman–Crippen LogP) is 3.39. The van der Waals surface area contributed by atoms with E-state index in [-0.39, 0.29) is 17.1 Å². The van der Waals surface area contributed by atoms with Crippen molar-refractivity contribution in [3.8, 4) is 11.3 Å². The number of benzene rings is 1. The maximum Gasteiger partial charge on any atom is 0.416 e. The van der Waals surface area contributed by atoms with Gasteiger partial charge in [-0.3, -0.25) is 0 Å². The number of hydrogen-bond acceptors (Lipinski definition) is 3. The van der Waals surface area contributed by atoms with E-state index in [1.165, 1.54) is 6.92 Å². The third kappa shape index (κ3) is 2.03. The van der Waals surface area contributed by atoms with Gasteiger partial charge in [0.2, 0.25) is 5.88 Å². The second-order valence-electron chi connectivity index (χ2n) is 3.71. The van der Waals surface area contributed by atoms with Crippen molar-refractivity contribution in [2.75, 3.05) is 5.73 Å². The zero-order valence-corrected chi connectivity index (χ0v) is 9.18. The first-order chi connectivity index (χ1) is 8.30. The van der Waals surface area contributed by atoms with Crippen molar-refractivity contribution in [3.05, 3.63) is 35.1 Å². The Hall–Kier alpha value is -2.05. The Morgan fingerprint density at radius 3 is 2.44 bits per heavy atom. The Labute approximate surface area is 99.2 Å². The van der Waals surface area contributed by atoms with E-state index < -0.39 is 17.6 Å². The highest BCUT2D eigenvalue weighted by atomic mass is 19.4. The Morgan fingerprint density at radius 2 is 1.94 bits per heavy atom. The smallest absolute Gasteiger partial charge is 0.367 e. The van der Waals surface area contributed by atoms with E-state index in [1.54, 1.807) is 0 Å². The quantitative estimate of drug-likeness (QED) is 0.799. The molecule has 96 valence electrons. The van der Waals surface area contributed by atoms with Gasteiger partial charge in [0, 0.05) is 11.1 Å². The maximum atomic E-state index is 13.5. The van der Waals surface area contributed by atoms with Gasteiger partial charge in [-0.15, -0.1) is 0 Å². The van der Waals surface area contributed by atoms with Crippen molar-refractivity contribution in [1.29, 1.82) is 0 Å². The zero-order valence-electron chi connectivity index (χ0n) is 9.18. The first-order valence-electron chi connectivity index (χ1n) is 4.89. The number of anilines is 1. The molecule has 0 aliphatic carbocycles. The topological polar surface area (TPSA) is 52.0 Å². The molecule has 0 fully saturated rings. The molecule has 0 amide bonds. The van der Waals surface area contributed by atoms with Gasteiger partial charge in [-0.2, -0.15) is 13.2 Å². The minimum Gasteiger partial charge on any atom is -0.367 e. The second kappa shape index (κ2) is 4.01. The Balaban J connectivity index is 2.61. The molecule has 1 aromatic heterocycles. The van der Waals surface area contributed by atoms with E-state index in [2.05, 4.69) is 9.68 Å². The van der Waals surface area contributed by atoms with E-state index in [0.717, 1.165) is 6.07 Å². The van der Waals surface area contributed by atoms with Gasteiger partial charge in [0.05, 0.1) is 5.56 Å². The van der Waals surface area contributed by atoms with Crippen LogP contribution in [0.2, 0.25) is 0 Å². The Bertz CT molecular complexity index is 589. The molecular weight excluding hydrogens is 252 g/mol. The van der Waals surface area contributed by atoms with Gasteiger partial charge in [0.1, 0.15) is 11.5 Å². The van der Waals surface area contributed by atoms with Crippen LogP contribution in [0.5, 0.6) is 0 Å². The summed E-state index contributed by atoms with van der Waals surface area (Å²) in [6, 6.07) is 2.08. The molecule has 2 aromatic rings. The number of nitrogens with two attached hydrogens (primary N) is 1. The first-order valence-corrected chi connectivity index (χ1v) is 4.89. The lowest BCUT2D eigenvalue weighted by atomic mass is 10.0. The highest BCUT2D eigenvalue weighted by Crippen LogP contribution is 2.35. The van der Waals surface area contributed by atoms with Gasteiger partial charge >= 0.3 is 6.18 Å². The highest BCUT2D eigenvalue weighted by Gasteiger charge is 2.31. The Kier molecular flexibility index (Phi) is 2.76. The fourth-order valence-corrected chi connectivity index (χ4v) is 1.48. The standard InChI is InChI=1S/C11H8F4N2O/c1-5-9(17-18-10(5)16)7-4-6(11(13,14)15)2-3-8(7)12/h2-4H,16H2,1H3. The van der Waals surface area contributed by atoms with Crippen LogP contribution in [0.3, 0.4) is 0 Å². The molecule has 0 saturated heterocycles. The summed E-state index contributed by atoms with van der Waals surface area (Å²) >= 11 is 0. The molecule has 0 aliphatic rings. The molecule has 0 radical (unpaired) electrons. The van der Waals surface area contributed by atoms with Gasteiger partial charge < -0.3 is 10.3 Å². The minimum atomic E-state index is -4.55. The number of halogens is 4. The number of nitrogen functional groups attached to an aromatic ring is 1. The molecular formula is C11H8F4N2O. The molecule has 0 atom stereocenters. The van der Waals surface area contributed by atoms with E-state index in [4.69, 9.17) is 5.73 Å².